The summed E-state index contributed by atoms with van der Waals surface area (Å²) in [7, 11) is -3.22. The van der Waals surface area contributed by atoms with Gasteiger partial charge in [0.25, 0.3) is 0 Å². The summed E-state index contributed by atoms with van der Waals surface area (Å²) in [5.74, 6) is -0.253. The standard InChI is InChI=1S/C19H18N2O3S/c1-3-19(22)20-16-7-8-18-15(12-16)9-10-21(18)13-14-5-4-6-17(11-14)25(2,23)24/h3-12H,1,13H2,2H3,(H,20,22). The molecule has 3 aromatic rings. The number of aromatic nitrogens is 1. The molecule has 0 aliphatic heterocycles. The predicted molar refractivity (Wildman–Crippen MR) is 99.4 cm³/mol. The quantitative estimate of drug-likeness (QED) is 0.715. The first-order chi connectivity index (χ1) is 11.9. The number of benzene rings is 2. The lowest BCUT2D eigenvalue weighted by Gasteiger charge is -2.08. The van der Waals surface area contributed by atoms with Crippen molar-refractivity contribution in [1.82, 2.24) is 4.57 Å². The van der Waals surface area contributed by atoms with Gasteiger partial charge in [-0.15, -0.1) is 0 Å². The second kappa shape index (κ2) is 6.57. The largest absolute Gasteiger partial charge is 0.343 e. The van der Waals surface area contributed by atoms with Gasteiger partial charge in [-0.25, -0.2) is 8.42 Å². The van der Waals surface area contributed by atoms with Crippen LogP contribution in [-0.4, -0.2) is 25.1 Å². The highest BCUT2D eigenvalue weighted by Gasteiger charge is 2.09. The van der Waals surface area contributed by atoms with Crippen molar-refractivity contribution in [3.63, 3.8) is 0 Å². The van der Waals surface area contributed by atoms with Gasteiger partial charge in [-0.05, 0) is 48.0 Å². The minimum atomic E-state index is -3.22. The predicted octanol–water partition coefficient (Wildman–Crippen LogP) is 3.22. The Hall–Kier alpha value is -2.86. The van der Waals surface area contributed by atoms with Crippen molar-refractivity contribution in [2.24, 2.45) is 0 Å². The Bertz CT molecular complexity index is 1070. The molecule has 0 unspecified atom stereocenters. The third-order valence-corrected chi connectivity index (χ3v) is 5.01. The van der Waals surface area contributed by atoms with Crippen LogP contribution in [0.15, 0.2) is 72.3 Å². The van der Waals surface area contributed by atoms with Gasteiger partial charge in [-0.1, -0.05) is 18.7 Å². The van der Waals surface area contributed by atoms with Gasteiger partial charge in [-0.2, -0.15) is 0 Å². The number of rotatable bonds is 5. The monoisotopic (exact) mass is 354 g/mol. The van der Waals surface area contributed by atoms with Crippen LogP contribution in [-0.2, 0) is 21.2 Å². The van der Waals surface area contributed by atoms with Gasteiger partial charge < -0.3 is 9.88 Å². The van der Waals surface area contributed by atoms with Crippen LogP contribution >= 0.6 is 0 Å². The molecule has 0 fully saturated rings. The molecule has 6 heteroatoms. The third-order valence-electron chi connectivity index (χ3n) is 3.90. The van der Waals surface area contributed by atoms with Crippen molar-refractivity contribution < 1.29 is 13.2 Å². The Balaban J connectivity index is 1.90. The minimum absolute atomic E-state index is 0.253. The maximum absolute atomic E-state index is 11.7. The number of carbonyl (C=O) groups excluding carboxylic acids is 1. The SMILES string of the molecule is C=CC(=O)Nc1ccc2c(ccn2Cc2cccc(S(C)(=O)=O)c2)c1. The van der Waals surface area contributed by atoms with E-state index in [-0.39, 0.29) is 5.91 Å². The van der Waals surface area contributed by atoms with E-state index in [9.17, 15) is 13.2 Å². The summed E-state index contributed by atoms with van der Waals surface area (Å²) in [5.41, 5.74) is 2.61. The summed E-state index contributed by atoms with van der Waals surface area (Å²) in [6.07, 6.45) is 4.37. The molecule has 1 amide bonds. The van der Waals surface area contributed by atoms with E-state index in [0.717, 1.165) is 16.5 Å². The van der Waals surface area contributed by atoms with Crippen molar-refractivity contribution in [3.8, 4) is 0 Å². The second-order valence-electron chi connectivity index (χ2n) is 5.83. The maximum Gasteiger partial charge on any atom is 0.247 e. The summed E-state index contributed by atoms with van der Waals surface area (Å²) in [4.78, 5) is 11.7. The van der Waals surface area contributed by atoms with E-state index in [1.54, 1.807) is 18.2 Å². The van der Waals surface area contributed by atoms with E-state index in [2.05, 4.69) is 11.9 Å². The Labute approximate surface area is 146 Å². The molecule has 0 spiro atoms. The molecule has 0 bridgehead atoms. The molecule has 0 atom stereocenters. The zero-order valence-corrected chi connectivity index (χ0v) is 14.6. The van der Waals surface area contributed by atoms with E-state index in [4.69, 9.17) is 0 Å². The third kappa shape index (κ3) is 3.80. The van der Waals surface area contributed by atoms with Crippen LogP contribution in [0.5, 0.6) is 0 Å². The van der Waals surface area contributed by atoms with Crippen LogP contribution in [0.4, 0.5) is 5.69 Å². The zero-order valence-electron chi connectivity index (χ0n) is 13.8. The molecule has 0 aliphatic carbocycles. The van der Waals surface area contributed by atoms with E-state index in [1.165, 1.54) is 12.3 Å². The Morgan fingerprint density at radius 3 is 2.72 bits per heavy atom. The van der Waals surface area contributed by atoms with E-state index in [1.807, 2.05) is 41.1 Å². The first-order valence-corrected chi connectivity index (χ1v) is 9.57. The van der Waals surface area contributed by atoms with Crippen molar-refractivity contribution >= 4 is 32.3 Å². The van der Waals surface area contributed by atoms with Gasteiger partial charge in [0, 0.05) is 35.6 Å². The van der Waals surface area contributed by atoms with Crippen LogP contribution in [0, 0.1) is 0 Å². The van der Waals surface area contributed by atoms with Crippen molar-refractivity contribution in [2.75, 3.05) is 11.6 Å². The fraction of sp³-hybridized carbons (Fsp3) is 0.105. The van der Waals surface area contributed by atoms with Crippen LogP contribution in [0.25, 0.3) is 10.9 Å². The van der Waals surface area contributed by atoms with Crippen molar-refractivity contribution in [2.45, 2.75) is 11.4 Å². The molecule has 128 valence electrons. The minimum Gasteiger partial charge on any atom is -0.343 e. The van der Waals surface area contributed by atoms with Gasteiger partial charge in [0.2, 0.25) is 5.91 Å². The average molecular weight is 354 g/mol. The van der Waals surface area contributed by atoms with Gasteiger partial charge in [0.15, 0.2) is 9.84 Å². The molecule has 2 aromatic carbocycles. The average Bonchev–Trinajstić information content (AvgIpc) is 2.96. The highest BCUT2D eigenvalue weighted by molar-refractivity contribution is 7.90. The summed E-state index contributed by atoms with van der Waals surface area (Å²) in [6, 6.07) is 14.5. The first kappa shape index (κ1) is 17.0. The number of anilines is 1. The smallest absolute Gasteiger partial charge is 0.247 e. The van der Waals surface area contributed by atoms with Gasteiger partial charge in [0.1, 0.15) is 0 Å². The molecule has 0 aliphatic rings. The molecule has 1 aromatic heterocycles. The molecule has 5 nitrogen and oxygen atoms in total. The number of carbonyl (C=O) groups is 1. The number of nitrogens with zero attached hydrogens (tertiary/aromatic N) is 1. The van der Waals surface area contributed by atoms with Crippen LogP contribution in [0.1, 0.15) is 5.56 Å². The topological polar surface area (TPSA) is 68.2 Å². The molecule has 0 saturated carbocycles. The summed E-state index contributed by atoms with van der Waals surface area (Å²) < 4.78 is 25.4. The molecule has 1 N–H and O–H groups in total. The fourth-order valence-corrected chi connectivity index (χ4v) is 3.37. The maximum atomic E-state index is 11.7. The second-order valence-corrected chi connectivity index (χ2v) is 7.85. The highest BCUT2D eigenvalue weighted by atomic mass is 32.2. The summed E-state index contributed by atoms with van der Waals surface area (Å²) in [6.45, 7) is 4.00. The summed E-state index contributed by atoms with van der Waals surface area (Å²) >= 11 is 0. The molecule has 3 rings (SSSR count). The molecular weight excluding hydrogens is 336 g/mol. The van der Waals surface area contributed by atoms with Gasteiger partial charge in [0.05, 0.1) is 4.90 Å². The molecule has 1 heterocycles. The van der Waals surface area contributed by atoms with Crippen LogP contribution in [0.3, 0.4) is 0 Å². The zero-order chi connectivity index (χ0) is 18.0. The molecule has 25 heavy (non-hydrogen) atoms. The lowest BCUT2D eigenvalue weighted by molar-refractivity contribution is -0.111. The molecule has 0 saturated heterocycles. The lowest BCUT2D eigenvalue weighted by Crippen LogP contribution is -2.07. The number of nitrogens with one attached hydrogen (secondary N) is 1. The number of hydrogen-bond acceptors (Lipinski definition) is 3. The normalized spacial score (nSPS) is 11.4. The first-order valence-electron chi connectivity index (χ1n) is 7.68. The molecular formula is C19H18N2O3S. The number of fused-ring (bicyclic) bond motifs is 1. The van der Waals surface area contributed by atoms with E-state index in [0.29, 0.717) is 17.1 Å². The van der Waals surface area contributed by atoms with Gasteiger partial charge >= 0.3 is 0 Å². The summed E-state index contributed by atoms with van der Waals surface area (Å²) in [5, 5.41) is 3.72. The highest BCUT2D eigenvalue weighted by Crippen LogP contribution is 2.22. The van der Waals surface area contributed by atoms with Crippen LogP contribution < -0.4 is 5.32 Å². The fourth-order valence-electron chi connectivity index (χ4n) is 2.68. The van der Waals surface area contributed by atoms with Crippen molar-refractivity contribution in [1.29, 1.82) is 0 Å². The number of amides is 1. The van der Waals surface area contributed by atoms with E-state index >= 15 is 0 Å². The molecule has 0 radical (unpaired) electrons. The Morgan fingerprint density at radius 2 is 2.00 bits per heavy atom. The lowest BCUT2D eigenvalue weighted by atomic mass is 10.2. The number of sulfone groups is 1. The van der Waals surface area contributed by atoms with E-state index < -0.39 is 9.84 Å². The Kier molecular flexibility index (Phi) is 4.46. The van der Waals surface area contributed by atoms with Crippen molar-refractivity contribution in [3.05, 3.63) is 72.9 Å². The van der Waals surface area contributed by atoms with Gasteiger partial charge in [-0.3, -0.25) is 4.79 Å². The number of hydrogen-bond donors (Lipinski definition) is 1. The Morgan fingerprint density at radius 1 is 1.20 bits per heavy atom. The van der Waals surface area contributed by atoms with Crippen LogP contribution in [0.2, 0.25) is 0 Å².